The Balaban J connectivity index is 1.45. The van der Waals surface area contributed by atoms with Gasteiger partial charge in [-0.25, -0.2) is 0 Å². The van der Waals surface area contributed by atoms with Gasteiger partial charge in [-0.05, 0) is 30.3 Å². The van der Waals surface area contributed by atoms with E-state index in [1.54, 1.807) is 0 Å². The summed E-state index contributed by atoms with van der Waals surface area (Å²) in [6.45, 7) is 0. The Hall–Kier alpha value is -1.90. The molecule has 2 aromatic carbocycles. The van der Waals surface area contributed by atoms with Crippen LogP contribution in [0.5, 0.6) is 0 Å². The molecule has 0 saturated heterocycles. The van der Waals surface area contributed by atoms with Gasteiger partial charge in [0.1, 0.15) is 0 Å². The molecule has 5 nitrogen and oxygen atoms in total. The van der Waals surface area contributed by atoms with Gasteiger partial charge in [-0.2, -0.15) is 0 Å². The van der Waals surface area contributed by atoms with Crippen LogP contribution >= 0.6 is 39.0 Å². The maximum Gasteiger partial charge on any atom is 0.225 e. The predicted octanol–water partition coefficient (Wildman–Crippen LogP) is 5.17. The summed E-state index contributed by atoms with van der Waals surface area (Å²) in [6.07, 6.45) is 0.424. The summed E-state index contributed by atoms with van der Waals surface area (Å²) < 4.78 is 1.84. The zero-order valence-electron chi connectivity index (χ0n) is 13.1. The number of benzene rings is 2. The van der Waals surface area contributed by atoms with Crippen LogP contribution in [0, 0.1) is 0 Å². The van der Waals surface area contributed by atoms with Crippen molar-refractivity contribution in [2.45, 2.75) is 10.8 Å². The van der Waals surface area contributed by atoms with Gasteiger partial charge in [-0.3, -0.25) is 4.79 Å². The molecule has 0 bridgehead atoms. The molecular weight excluding hydrogens is 420 g/mol. The lowest BCUT2D eigenvalue weighted by atomic mass is 10.3. The van der Waals surface area contributed by atoms with Gasteiger partial charge in [0, 0.05) is 28.0 Å². The number of thioether (sulfide) groups is 1. The first kappa shape index (κ1) is 17.9. The molecule has 0 fully saturated rings. The molecule has 0 unspecified atom stereocenters. The molecular formula is C17H15BrN4OS2. The quantitative estimate of drug-likeness (QED) is 0.502. The van der Waals surface area contributed by atoms with E-state index in [-0.39, 0.29) is 5.91 Å². The van der Waals surface area contributed by atoms with Crippen molar-refractivity contribution in [3.63, 3.8) is 0 Å². The highest BCUT2D eigenvalue weighted by molar-refractivity contribution is 9.10. The van der Waals surface area contributed by atoms with Crippen LogP contribution < -0.4 is 10.6 Å². The second-order valence-electron chi connectivity index (χ2n) is 5.02. The molecule has 0 spiro atoms. The van der Waals surface area contributed by atoms with Crippen molar-refractivity contribution in [1.29, 1.82) is 0 Å². The van der Waals surface area contributed by atoms with E-state index in [9.17, 15) is 4.79 Å². The number of rotatable bonds is 7. The van der Waals surface area contributed by atoms with Crippen LogP contribution in [0.2, 0.25) is 0 Å². The van der Waals surface area contributed by atoms with Gasteiger partial charge in [0.25, 0.3) is 0 Å². The lowest BCUT2D eigenvalue weighted by Crippen LogP contribution is -2.11. The van der Waals surface area contributed by atoms with Gasteiger partial charge < -0.3 is 10.6 Å². The lowest BCUT2D eigenvalue weighted by Gasteiger charge is -2.03. The fourth-order valence-electron chi connectivity index (χ4n) is 1.98. The third-order valence-corrected chi connectivity index (χ3v) is 5.56. The smallest absolute Gasteiger partial charge is 0.225 e. The number of aromatic nitrogens is 2. The molecule has 3 aromatic rings. The first-order valence-corrected chi connectivity index (χ1v) is 10.1. The fourth-order valence-corrected chi connectivity index (χ4v) is 4.16. The Morgan fingerprint density at radius 2 is 1.88 bits per heavy atom. The Kier molecular flexibility index (Phi) is 6.43. The summed E-state index contributed by atoms with van der Waals surface area (Å²) in [4.78, 5) is 11.9. The molecule has 1 amide bonds. The van der Waals surface area contributed by atoms with Crippen LogP contribution in [-0.4, -0.2) is 21.9 Å². The molecule has 0 radical (unpaired) electrons. The van der Waals surface area contributed by atoms with Crippen LogP contribution in [0.3, 0.4) is 0 Å². The lowest BCUT2D eigenvalue weighted by molar-refractivity contribution is -0.115. The van der Waals surface area contributed by atoms with E-state index in [2.05, 4.69) is 36.8 Å². The van der Waals surface area contributed by atoms with Crippen molar-refractivity contribution >= 4 is 61.4 Å². The van der Waals surface area contributed by atoms with Gasteiger partial charge in [0.05, 0.1) is 0 Å². The zero-order chi connectivity index (χ0) is 17.5. The first-order valence-electron chi connectivity index (χ1n) is 7.53. The fraction of sp³-hybridized carbons (Fsp3) is 0.118. The van der Waals surface area contributed by atoms with Crippen LogP contribution in [0.1, 0.15) is 6.42 Å². The second kappa shape index (κ2) is 8.98. The van der Waals surface area contributed by atoms with Crippen molar-refractivity contribution in [3.8, 4) is 0 Å². The third-order valence-electron chi connectivity index (χ3n) is 3.09. The minimum Gasteiger partial charge on any atom is -0.330 e. The van der Waals surface area contributed by atoms with E-state index >= 15 is 0 Å². The van der Waals surface area contributed by atoms with Gasteiger partial charge >= 0.3 is 0 Å². The van der Waals surface area contributed by atoms with Gasteiger partial charge in [-0.15, -0.1) is 10.2 Å². The molecule has 3 rings (SSSR count). The maximum atomic E-state index is 11.9. The normalized spacial score (nSPS) is 10.4. The number of hydrogen-bond acceptors (Lipinski definition) is 6. The SMILES string of the molecule is O=C(CCSc1nnc(Nc2cccc(Br)c2)s1)Nc1ccccc1. The Labute approximate surface area is 162 Å². The molecule has 25 heavy (non-hydrogen) atoms. The minimum atomic E-state index is -0.00398. The van der Waals surface area contributed by atoms with E-state index in [4.69, 9.17) is 0 Å². The summed E-state index contributed by atoms with van der Waals surface area (Å²) in [7, 11) is 0. The Morgan fingerprint density at radius 3 is 2.68 bits per heavy atom. The van der Waals surface area contributed by atoms with Crippen molar-refractivity contribution in [3.05, 3.63) is 59.1 Å². The summed E-state index contributed by atoms with van der Waals surface area (Å²) in [5.74, 6) is 0.653. The number of amides is 1. The highest BCUT2D eigenvalue weighted by Gasteiger charge is 2.07. The van der Waals surface area contributed by atoms with Crippen LogP contribution in [-0.2, 0) is 4.79 Å². The number of nitrogens with one attached hydrogen (secondary N) is 2. The second-order valence-corrected chi connectivity index (χ2v) is 8.26. The summed E-state index contributed by atoms with van der Waals surface area (Å²) >= 11 is 6.44. The number of anilines is 3. The Bertz CT molecular complexity index is 841. The van der Waals surface area contributed by atoms with E-state index < -0.39 is 0 Å². The predicted molar refractivity (Wildman–Crippen MR) is 108 cm³/mol. The molecule has 0 atom stereocenters. The topological polar surface area (TPSA) is 66.9 Å². The van der Waals surface area contributed by atoms with Gasteiger partial charge in [-0.1, -0.05) is 63.3 Å². The number of para-hydroxylation sites is 1. The van der Waals surface area contributed by atoms with Crippen LogP contribution in [0.25, 0.3) is 0 Å². The maximum absolute atomic E-state index is 11.9. The number of hydrogen-bond donors (Lipinski definition) is 2. The van der Waals surface area contributed by atoms with Crippen molar-refractivity contribution < 1.29 is 4.79 Å². The number of halogens is 1. The van der Waals surface area contributed by atoms with Gasteiger partial charge in [0.15, 0.2) is 4.34 Å². The molecule has 0 aliphatic heterocycles. The molecule has 8 heteroatoms. The molecule has 0 aliphatic rings. The standard InChI is InChI=1S/C17H15BrN4OS2/c18-12-5-4-8-14(11-12)20-16-21-22-17(25-16)24-10-9-15(23)19-13-6-2-1-3-7-13/h1-8,11H,9-10H2,(H,19,23)(H,20,21). The van der Waals surface area contributed by atoms with Gasteiger partial charge in [0.2, 0.25) is 11.0 Å². The van der Waals surface area contributed by atoms with Crippen LogP contribution in [0.4, 0.5) is 16.5 Å². The number of nitrogens with zero attached hydrogens (tertiary/aromatic N) is 2. The van der Waals surface area contributed by atoms with Crippen LogP contribution in [0.15, 0.2) is 63.4 Å². The average molecular weight is 435 g/mol. The molecule has 0 saturated carbocycles. The van der Waals surface area contributed by atoms with Crippen molar-refractivity contribution in [1.82, 2.24) is 10.2 Å². The highest BCUT2D eigenvalue weighted by Crippen LogP contribution is 2.28. The monoisotopic (exact) mass is 434 g/mol. The summed E-state index contributed by atoms with van der Waals surface area (Å²) in [6, 6.07) is 17.3. The van der Waals surface area contributed by atoms with E-state index in [0.29, 0.717) is 12.2 Å². The molecule has 128 valence electrons. The molecule has 0 aliphatic carbocycles. The number of carbonyl (C=O) groups is 1. The minimum absolute atomic E-state index is 0.00398. The Morgan fingerprint density at radius 1 is 1.08 bits per heavy atom. The first-order chi connectivity index (χ1) is 12.2. The average Bonchev–Trinajstić information content (AvgIpc) is 3.03. The summed E-state index contributed by atoms with van der Waals surface area (Å²) in [5.41, 5.74) is 1.76. The van der Waals surface area contributed by atoms with Crippen molar-refractivity contribution in [2.75, 3.05) is 16.4 Å². The molecule has 1 aromatic heterocycles. The largest absolute Gasteiger partial charge is 0.330 e. The highest BCUT2D eigenvalue weighted by atomic mass is 79.9. The zero-order valence-corrected chi connectivity index (χ0v) is 16.3. The van der Waals surface area contributed by atoms with Crippen molar-refractivity contribution in [2.24, 2.45) is 0 Å². The molecule has 2 N–H and O–H groups in total. The number of carbonyl (C=O) groups excluding carboxylic acids is 1. The van der Waals surface area contributed by atoms with E-state index in [0.717, 1.165) is 25.3 Å². The van der Waals surface area contributed by atoms with E-state index in [1.165, 1.54) is 23.1 Å². The third kappa shape index (κ3) is 5.84. The van der Waals surface area contributed by atoms with E-state index in [1.807, 2.05) is 54.6 Å². The molecule has 1 heterocycles. The summed E-state index contributed by atoms with van der Waals surface area (Å²) in [5, 5.41) is 15.1.